The number of carbonyl (C=O) groups is 1. The lowest BCUT2D eigenvalue weighted by Crippen LogP contribution is -2.10. The van der Waals surface area contributed by atoms with Gasteiger partial charge in [-0.1, -0.05) is 29.3 Å². The average Bonchev–Trinajstić information content (AvgIpc) is 3.43. The Bertz CT molecular complexity index is 1460. The van der Waals surface area contributed by atoms with Gasteiger partial charge in [0.15, 0.2) is 11.3 Å². The van der Waals surface area contributed by atoms with E-state index < -0.39 is 5.91 Å². The molecule has 32 heavy (non-hydrogen) atoms. The number of halogens is 3. The molecule has 0 aliphatic carbocycles. The van der Waals surface area contributed by atoms with Crippen LogP contribution in [0, 0.1) is 5.82 Å². The Labute approximate surface area is 191 Å². The van der Waals surface area contributed by atoms with Crippen LogP contribution in [0.4, 0.5) is 10.1 Å². The Morgan fingerprint density at radius 3 is 2.56 bits per heavy atom. The molecule has 5 rings (SSSR count). The van der Waals surface area contributed by atoms with Crippen molar-refractivity contribution in [2.75, 3.05) is 5.32 Å². The van der Waals surface area contributed by atoms with Crippen LogP contribution in [0.3, 0.4) is 0 Å². The summed E-state index contributed by atoms with van der Waals surface area (Å²) < 4.78 is 24.5. The van der Waals surface area contributed by atoms with Crippen LogP contribution >= 0.6 is 23.2 Å². The van der Waals surface area contributed by atoms with E-state index in [2.05, 4.69) is 10.3 Å². The quantitative estimate of drug-likeness (QED) is 0.298. The number of aromatic nitrogens is 1. The molecule has 2 heterocycles. The number of carbonyl (C=O) groups excluding carboxylic acids is 1. The molecule has 0 unspecified atom stereocenters. The van der Waals surface area contributed by atoms with Crippen molar-refractivity contribution in [2.45, 2.75) is 0 Å². The van der Waals surface area contributed by atoms with Gasteiger partial charge in [-0.2, -0.15) is 0 Å². The van der Waals surface area contributed by atoms with Crippen molar-refractivity contribution in [1.82, 2.24) is 4.98 Å². The molecule has 0 atom stereocenters. The minimum absolute atomic E-state index is 0.114. The summed E-state index contributed by atoms with van der Waals surface area (Å²) in [6.45, 7) is 0. The van der Waals surface area contributed by atoms with Gasteiger partial charge in [0, 0.05) is 16.8 Å². The monoisotopic (exact) mass is 466 g/mol. The van der Waals surface area contributed by atoms with Crippen LogP contribution in [0.1, 0.15) is 10.6 Å². The molecule has 2 aromatic heterocycles. The van der Waals surface area contributed by atoms with E-state index >= 15 is 0 Å². The third-order valence-electron chi connectivity index (χ3n) is 4.78. The zero-order chi connectivity index (χ0) is 22.2. The molecule has 5 aromatic rings. The van der Waals surface area contributed by atoms with Gasteiger partial charge in [0.2, 0.25) is 5.89 Å². The van der Waals surface area contributed by atoms with Gasteiger partial charge in [0.25, 0.3) is 5.91 Å². The summed E-state index contributed by atoms with van der Waals surface area (Å²) in [6.07, 6.45) is 0. The number of nitrogens with one attached hydrogen (secondary N) is 1. The molecule has 0 spiro atoms. The van der Waals surface area contributed by atoms with E-state index in [1.54, 1.807) is 60.7 Å². The molecule has 1 N–H and O–H groups in total. The van der Waals surface area contributed by atoms with Crippen molar-refractivity contribution >= 4 is 45.9 Å². The second-order valence-corrected chi connectivity index (χ2v) is 7.71. The predicted octanol–water partition coefficient (Wildman–Crippen LogP) is 7.45. The van der Waals surface area contributed by atoms with Crippen LogP contribution in [0.5, 0.6) is 0 Å². The highest BCUT2D eigenvalue weighted by Crippen LogP contribution is 2.34. The van der Waals surface area contributed by atoms with E-state index in [1.165, 1.54) is 12.1 Å². The van der Waals surface area contributed by atoms with E-state index in [0.717, 1.165) is 0 Å². The van der Waals surface area contributed by atoms with Crippen molar-refractivity contribution < 1.29 is 18.0 Å². The number of benzene rings is 3. The summed E-state index contributed by atoms with van der Waals surface area (Å²) in [6, 6.07) is 19.3. The number of hydrogen-bond donors (Lipinski definition) is 1. The topological polar surface area (TPSA) is 68.3 Å². The first-order chi connectivity index (χ1) is 15.5. The molecule has 158 valence electrons. The fourth-order valence-electron chi connectivity index (χ4n) is 3.21. The zero-order valence-electron chi connectivity index (χ0n) is 16.2. The van der Waals surface area contributed by atoms with Crippen molar-refractivity contribution in [1.29, 1.82) is 0 Å². The van der Waals surface area contributed by atoms with Crippen molar-refractivity contribution in [3.05, 3.63) is 94.4 Å². The largest absolute Gasteiger partial charge is 0.451 e. The molecule has 0 radical (unpaired) electrons. The fraction of sp³-hybridized carbons (Fsp3) is 0. The average molecular weight is 467 g/mol. The van der Waals surface area contributed by atoms with Crippen LogP contribution in [0.2, 0.25) is 10.0 Å². The highest BCUT2D eigenvalue weighted by Gasteiger charge is 2.16. The summed E-state index contributed by atoms with van der Waals surface area (Å²) in [4.78, 5) is 17.1. The summed E-state index contributed by atoms with van der Waals surface area (Å²) in [7, 11) is 0. The number of oxazole rings is 1. The van der Waals surface area contributed by atoms with Crippen LogP contribution in [-0.4, -0.2) is 10.9 Å². The van der Waals surface area contributed by atoms with Gasteiger partial charge in [0.1, 0.15) is 17.1 Å². The maximum atomic E-state index is 13.1. The lowest BCUT2D eigenvalue weighted by atomic mass is 10.2. The Morgan fingerprint density at radius 2 is 1.75 bits per heavy atom. The molecule has 0 saturated heterocycles. The minimum Gasteiger partial charge on any atom is -0.451 e. The molecular weight excluding hydrogens is 454 g/mol. The first-order valence-corrected chi connectivity index (χ1v) is 10.3. The van der Waals surface area contributed by atoms with Gasteiger partial charge < -0.3 is 14.2 Å². The van der Waals surface area contributed by atoms with Crippen LogP contribution in [0.25, 0.3) is 33.9 Å². The highest BCUT2D eigenvalue weighted by molar-refractivity contribution is 6.43. The number of amides is 1. The van der Waals surface area contributed by atoms with Crippen molar-refractivity contribution in [3.8, 4) is 22.8 Å². The molecule has 0 fully saturated rings. The molecule has 0 saturated carbocycles. The predicted molar refractivity (Wildman–Crippen MR) is 122 cm³/mol. The first kappa shape index (κ1) is 20.3. The molecule has 0 bridgehead atoms. The second kappa shape index (κ2) is 8.15. The third-order valence-corrected chi connectivity index (χ3v) is 5.60. The molecule has 0 aliphatic heterocycles. The normalized spacial score (nSPS) is 11.1. The lowest BCUT2D eigenvalue weighted by molar-refractivity contribution is 0.0997. The number of fused-ring (bicyclic) bond motifs is 1. The SMILES string of the molecule is O=C(Nc1ccc2oc(-c3ccc(F)cc3)nc2c1)c1ccc(-c2cccc(Cl)c2Cl)o1. The van der Waals surface area contributed by atoms with Gasteiger partial charge in [-0.3, -0.25) is 4.79 Å². The minimum atomic E-state index is -0.434. The Kier molecular flexibility index (Phi) is 5.17. The molecule has 5 nitrogen and oxygen atoms in total. The Hall–Kier alpha value is -3.61. The number of nitrogens with zero attached hydrogens (tertiary/aromatic N) is 1. The Morgan fingerprint density at radius 1 is 0.938 bits per heavy atom. The van der Waals surface area contributed by atoms with Crippen LogP contribution in [0.15, 0.2) is 81.6 Å². The standard InChI is InChI=1S/C24H13Cl2FN2O3/c25-17-3-1-2-16(22(17)26)19-10-11-21(31-19)23(30)28-15-8-9-20-18(12-15)29-24(32-20)13-4-6-14(27)7-5-13/h1-12H,(H,28,30). The summed E-state index contributed by atoms with van der Waals surface area (Å²) in [5, 5.41) is 3.52. The number of hydrogen-bond acceptors (Lipinski definition) is 4. The molecule has 8 heteroatoms. The fourth-order valence-corrected chi connectivity index (χ4v) is 3.61. The van der Waals surface area contributed by atoms with Crippen LogP contribution in [-0.2, 0) is 0 Å². The van der Waals surface area contributed by atoms with Gasteiger partial charge >= 0.3 is 0 Å². The molecule has 1 amide bonds. The zero-order valence-corrected chi connectivity index (χ0v) is 17.7. The van der Waals surface area contributed by atoms with E-state index in [9.17, 15) is 9.18 Å². The number of furan rings is 1. The number of anilines is 1. The van der Waals surface area contributed by atoms with E-state index in [0.29, 0.717) is 49.6 Å². The summed E-state index contributed by atoms with van der Waals surface area (Å²) >= 11 is 12.3. The summed E-state index contributed by atoms with van der Waals surface area (Å²) in [5.74, 6) is 0.129. The molecule has 3 aromatic carbocycles. The Balaban J connectivity index is 1.37. The summed E-state index contributed by atoms with van der Waals surface area (Å²) in [5.41, 5.74) is 2.85. The van der Waals surface area contributed by atoms with E-state index in [4.69, 9.17) is 32.0 Å². The van der Waals surface area contributed by atoms with E-state index in [-0.39, 0.29) is 11.6 Å². The maximum absolute atomic E-state index is 13.1. The van der Waals surface area contributed by atoms with Gasteiger partial charge in [0.05, 0.1) is 10.0 Å². The van der Waals surface area contributed by atoms with Crippen molar-refractivity contribution in [3.63, 3.8) is 0 Å². The van der Waals surface area contributed by atoms with Gasteiger partial charge in [-0.05, 0) is 66.7 Å². The molecule has 0 aliphatic rings. The van der Waals surface area contributed by atoms with Gasteiger partial charge in [-0.15, -0.1) is 0 Å². The van der Waals surface area contributed by atoms with E-state index in [1.807, 2.05) is 0 Å². The third kappa shape index (κ3) is 3.86. The molecular formula is C24H13Cl2FN2O3. The van der Waals surface area contributed by atoms with Crippen molar-refractivity contribution in [2.24, 2.45) is 0 Å². The number of rotatable bonds is 4. The first-order valence-electron chi connectivity index (χ1n) is 9.50. The van der Waals surface area contributed by atoms with Crippen LogP contribution < -0.4 is 5.32 Å². The highest BCUT2D eigenvalue weighted by atomic mass is 35.5. The maximum Gasteiger partial charge on any atom is 0.291 e. The smallest absolute Gasteiger partial charge is 0.291 e. The second-order valence-electron chi connectivity index (χ2n) is 6.93. The lowest BCUT2D eigenvalue weighted by Gasteiger charge is -2.04. The van der Waals surface area contributed by atoms with Gasteiger partial charge in [-0.25, -0.2) is 9.37 Å².